The Hall–Kier alpha value is -1.41. The Morgan fingerprint density at radius 1 is 1.18 bits per heavy atom. The van der Waals surface area contributed by atoms with Crippen LogP contribution in [0.25, 0.3) is 0 Å². The van der Waals surface area contributed by atoms with Crippen LogP contribution in [0, 0.1) is 0 Å². The van der Waals surface area contributed by atoms with E-state index < -0.39 is 22.2 Å². The van der Waals surface area contributed by atoms with Crippen molar-refractivity contribution in [2.45, 2.75) is 12.1 Å². The molecule has 0 N–H and O–H groups in total. The number of rotatable bonds is 4. The van der Waals surface area contributed by atoms with Crippen molar-refractivity contribution in [3.8, 4) is 0 Å². The Morgan fingerprint density at radius 2 is 1.71 bits per heavy atom. The maximum absolute atomic E-state index is 11.9. The number of carbonyl (C=O) groups excluding carboxylic acids is 1. The lowest BCUT2D eigenvalue weighted by molar-refractivity contribution is -0.0547. The molecule has 17 heavy (non-hydrogen) atoms. The van der Waals surface area contributed by atoms with Gasteiger partial charge in [0.25, 0.3) is 0 Å². The molecule has 0 saturated heterocycles. The van der Waals surface area contributed by atoms with Gasteiger partial charge in [-0.3, -0.25) is 8.98 Å². The lowest BCUT2D eigenvalue weighted by atomic mass is 10.2. The molecule has 4 nitrogen and oxygen atoms in total. The highest BCUT2D eigenvalue weighted by Gasteiger charge is 2.47. The van der Waals surface area contributed by atoms with Gasteiger partial charge < -0.3 is 0 Å². The zero-order chi connectivity index (χ0) is 13.1. The fourth-order valence-corrected chi connectivity index (χ4v) is 1.33. The largest absolute Gasteiger partial charge is 0.523 e. The molecule has 0 amide bonds. The minimum atomic E-state index is -5.58. The van der Waals surface area contributed by atoms with Gasteiger partial charge in [0.05, 0.1) is 6.61 Å². The number of hydrogen-bond donors (Lipinski definition) is 0. The molecule has 0 aliphatic heterocycles. The number of benzene rings is 1. The third kappa shape index (κ3) is 3.53. The molecule has 0 heterocycles. The lowest BCUT2D eigenvalue weighted by Crippen LogP contribution is -2.25. The van der Waals surface area contributed by atoms with Crippen LogP contribution >= 0.6 is 0 Å². The molecule has 0 atom stereocenters. The van der Waals surface area contributed by atoms with Crippen LogP contribution < -0.4 is 0 Å². The second-order valence-corrected chi connectivity index (χ2v) is 4.63. The average Bonchev–Trinajstić information content (AvgIpc) is 2.25. The van der Waals surface area contributed by atoms with E-state index in [1.54, 1.807) is 0 Å². The first-order valence-corrected chi connectivity index (χ1v) is 5.67. The molecule has 0 aliphatic rings. The van der Waals surface area contributed by atoms with Gasteiger partial charge in [0.15, 0.2) is 0 Å². The van der Waals surface area contributed by atoms with Crippen molar-refractivity contribution < 1.29 is 30.6 Å². The first-order valence-electron chi connectivity index (χ1n) is 4.26. The first-order chi connectivity index (χ1) is 7.76. The van der Waals surface area contributed by atoms with E-state index in [0.29, 0.717) is 11.8 Å². The van der Waals surface area contributed by atoms with Crippen molar-refractivity contribution >= 4 is 16.4 Å². The predicted octanol–water partition coefficient (Wildman–Crippen LogP) is 1.87. The molecule has 0 aromatic heterocycles. The summed E-state index contributed by atoms with van der Waals surface area (Å²) in [6.07, 6.45) is 0.553. The van der Waals surface area contributed by atoms with E-state index in [0.717, 1.165) is 0 Å². The second-order valence-electron chi connectivity index (χ2n) is 3.02. The van der Waals surface area contributed by atoms with Gasteiger partial charge in [-0.1, -0.05) is 24.3 Å². The third-order valence-electron chi connectivity index (χ3n) is 1.78. The number of hydrogen-bond acceptors (Lipinski definition) is 4. The molecule has 0 bridgehead atoms. The second kappa shape index (κ2) is 4.84. The Balaban J connectivity index is 2.71. The van der Waals surface area contributed by atoms with Crippen LogP contribution in [0.3, 0.4) is 0 Å². The van der Waals surface area contributed by atoms with Crippen molar-refractivity contribution in [3.63, 3.8) is 0 Å². The summed E-state index contributed by atoms with van der Waals surface area (Å²) in [7, 11) is -5.58. The van der Waals surface area contributed by atoms with Crippen molar-refractivity contribution in [3.05, 3.63) is 35.4 Å². The van der Waals surface area contributed by atoms with Gasteiger partial charge in [0.2, 0.25) is 0 Å². The summed E-state index contributed by atoms with van der Waals surface area (Å²) < 4.78 is 60.6. The number of aldehydes is 1. The standard InChI is InChI=1S/C9H7F3O4S/c10-9(11,12)17(14,15)16-6-8-3-1-7(5-13)2-4-8/h1-5H,6H2. The molecule has 1 aromatic carbocycles. The summed E-state index contributed by atoms with van der Waals surface area (Å²) in [6.45, 7) is -0.735. The molecule has 8 heteroatoms. The zero-order valence-corrected chi connectivity index (χ0v) is 9.09. The van der Waals surface area contributed by atoms with Gasteiger partial charge in [-0.25, -0.2) is 0 Å². The predicted molar refractivity (Wildman–Crippen MR) is 51.6 cm³/mol. The molecule has 1 aromatic rings. The molecular formula is C9H7F3O4S. The molecule has 0 unspecified atom stereocenters. The number of halogens is 3. The SMILES string of the molecule is O=Cc1ccc(COS(=O)(=O)C(F)(F)F)cc1. The van der Waals surface area contributed by atoms with E-state index in [9.17, 15) is 26.4 Å². The smallest absolute Gasteiger partial charge is 0.298 e. The van der Waals surface area contributed by atoms with Gasteiger partial charge in [0.1, 0.15) is 6.29 Å². The molecule has 0 aliphatic carbocycles. The highest BCUT2D eigenvalue weighted by Crippen LogP contribution is 2.25. The lowest BCUT2D eigenvalue weighted by Gasteiger charge is -2.08. The average molecular weight is 268 g/mol. The summed E-state index contributed by atoms with van der Waals surface area (Å²) in [5.74, 6) is 0. The Bertz CT molecular complexity index is 490. The van der Waals surface area contributed by atoms with Crippen LogP contribution in [0.4, 0.5) is 13.2 Å². The van der Waals surface area contributed by atoms with Crippen molar-refractivity contribution in [1.82, 2.24) is 0 Å². The first kappa shape index (κ1) is 13.7. The Morgan fingerprint density at radius 3 is 2.12 bits per heavy atom. The topological polar surface area (TPSA) is 60.4 Å². The van der Waals surface area contributed by atoms with Gasteiger partial charge in [0, 0.05) is 5.56 Å². The molecule has 94 valence electrons. The van der Waals surface area contributed by atoms with Gasteiger partial charge in [-0.15, -0.1) is 0 Å². The molecule has 0 saturated carbocycles. The normalized spacial score (nSPS) is 12.4. The number of carbonyl (C=O) groups is 1. The molecular weight excluding hydrogens is 261 g/mol. The van der Waals surface area contributed by atoms with Gasteiger partial charge in [-0.2, -0.15) is 21.6 Å². The highest BCUT2D eigenvalue weighted by atomic mass is 32.2. The van der Waals surface area contributed by atoms with Gasteiger partial charge >= 0.3 is 15.6 Å². The summed E-state index contributed by atoms with van der Waals surface area (Å²) in [5.41, 5.74) is -4.90. The fourth-order valence-electron chi connectivity index (χ4n) is 0.905. The van der Waals surface area contributed by atoms with E-state index in [-0.39, 0.29) is 5.56 Å². The van der Waals surface area contributed by atoms with Crippen molar-refractivity contribution in [2.75, 3.05) is 0 Å². The Labute approximate surface area is 95.1 Å². The van der Waals surface area contributed by atoms with E-state index >= 15 is 0 Å². The van der Waals surface area contributed by atoms with E-state index in [2.05, 4.69) is 4.18 Å². The summed E-state index contributed by atoms with van der Waals surface area (Å²) >= 11 is 0. The van der Waals surface area contributed by atoms with Crippen LogP contribution in [0.5, 0.6) is 0 Å². The maximum atomic E-state index is 11.9. The molecule has 1 rings (SSSR count). The van der Waals surface area contributed by atoms with Crippen LogP contribution in [0.2, 0.25) is 0 Å². The Kier molecular flexibility index (Phi) is 3.89. The summed E-state index contributed by atoms with van der Waals surface area (Å²) in [5, 5.41) is 0. The van der Waals surface area contributed by atoms with Crippen molar-refractivity contribution in [1.29, 1.82) is 0 Å². The molecule has 0 spiro atoms. The molecule has 0 radical (unpaired) electrons. The third-order valence-corrected chi connectivity index (χ3v) is 2.78. The van der Waals surface area contributed by atoms with Crippen LogP contribution in [-0.2, 0) is 20.9 Å². The van der Waals surface area contributed by atoms with E-state index in [1.165, 1.54) is 24.3 Å². The van der Waals surface area contributed by atoms with Crippen LogP contribution in [-0.4, -0.2) is 20.2 Å². The van der Waals surface area contributed by atoms with Crippen molar-refractivity contribution in [2.24, 2.45) is 0 Å². The van der Waals surface area contributed by atoms with Crippen LogP contribution in [0.15, 0.2) is 24.3 Å². The highest BCUT2D eigenvalue weighted by molar-refractivity contribution is 7.87. The fraction of sp³-hybridized carbons (Fsp3) is 0.222. The quantitative estimate of drug-likeness (QED) is 0.475. The maximum Gasteiger partial charge on any atom is 0.523 e. The minimum absolute atomic E-state index is 0.212. The summed E-state index contributed by atoms with van der Waals surface area (Å²) in [4.78, 5) is 10.3. The van der Waals surface area contributed by atoms with Gasteiger partial charge in [-0.05, 0) is 5.56 Å². The molecule has 0 fully saturated rings. The zero-order valence-electron chi connectivity index (χ0n) is 8.27. The monoisotopic (exact) mass is 268 g/mol. The number of alkyl halides is 3. The van der Waals surface area contributed by atoms with E-state index in [1.807, 2.05) is 0 Å². The van der Waals surface area contributed by atoms with E-state index in [4.69, 9.17) is 0 Å². The van der Waals surface area contributed by atoms with Crippen LogP contribution in [0.1, 0.15) is 15.9 Å². The summed E-state index contributed by atoms with van der Waals surface area (Å²) in [6, 6.07) is 5.28. The minimum Gasteiger partial charge on any atom is -0.298 e.